The van der Waals surface area contributed by atoms with Gasteiger partial charge in [-0.05, 0) is 42.3 Å². The van der Waals surface area contributed by atoms with Crippen LogP contribution >= 0.6 is 15.9 Å². The van der Waals surface area contributed by atoms with E-state index in [1.54, 1.807) is 13.1 Å². The molecule has 20 heavy (non-hydrogen) atoms. The summed E-state index contributed by atoms with van der Waals surface area (Å²) in [4.78, 5) is 11.6. The fourth-order valence-electron chi connectivity index (χ4n) is 1.87. The topological polar surface area (TPSA) is 41.1 Å². The highest BCUT2D eigenvalue weighted by molar-refractivity contribution is 9.10. The first kappa shape index (κ1) is 14.6. The Morgan fingerprint density at radius 3 is 2.70 bits per heavy atom. The Bertz CT molecular complexity index is 626. The summed E-state index contributed by atoms with van der Waals surface area (Å²) >= 11 is 3.53. The second kappa shape index (κ2) is 6.57. The Balaban J connectivity index is 2.07. The standard InChI is InChI=1S/C16H17BrN2O/c1-11-6-7-12(8-15(11)17)10-19-14-5-3-4-13(9-14)16(20)18-2/h3-9,19H,10H2,1-2H3,(H,18,20). The lowest BCUT2D eigenvalue weighted by molar-refractivity contribution is 0.0963. The highest BCUT2D eigenvalue weighted by Gasteiger charge is 2.03. The van der Waals surface area contributed by atoms with Gasteiger partial charge in [0, 0.05) is 29.3 Å². The Morgan fingerprint density at radius 1 is 1.20 bits per heavy atom. The second-order valence-electron chi connectivity index (χ2n) is 4.60. The maximum atomic E-state index is 11.6. The molecule has 0 fully saturated rings. The Kier molecular flexibility index (Phi) is 4.79. The van der Waals surface area contributed by atoms with Crippen LogP contribution in [0.3, 0.4) is 0 Å². The minimum atomic E-state index is -0.0771. The number of aryl methyl sites for hydroxylation is 1. The minimum Gasteiger partial charge on any atom is -0.381 e. The molecule has 0 atom stereocenters. The van der Waals surface area contributed by atoms with Crippen LogP contribution in [0.4, 0.5) is 5.69 Å². The monoisotopic (exact) mass is 332 g/mol. The van der Waals surface area contributed by atoms with Crippen LogP contribution in [0.5, 0.6) is 0 Å². The van der Waals surface area contributed by atoms with Gasteiger partial charge in [0.25, 0.3) is 5.91 Å². The molecule has 0 radical (unpaired) electrons. The number of halogens is 1. The summed E-state index contributed by atoms with van der Waals surface area (Å²) in [5.41, 5.74) is 3.99. The van der Waals surface area contributed by atoms with Crippen LogP contribution in [0.15, 0.2) is 46.9 Å². The van der Waals surface area contributed by atoms with Crippen molar-refractivity contribution in [1.82, 2.24) is 5.32 Å². The molecule has 0 spiro atoms. The predicted molar refractivity (Wildman–Crippen MR) is 86.0 cm³/mol. The maximum Gasteiger partial charge on any atom is 0.251 e. The van der Waals surface area contributed by atoms with Crippen LogP contribution in [0.25, 0.3) is 0 Å². The summed E-state index contributed by atoms with van der Waals surface area (Å²) in [7, 11) is 1.63. The van der Waals surface area contributed by atoms with E-state index in [4.69, 9.17) is 0 Å². The zero-order valence-electron chi connectivity index (χ0n) is 11.5. The van der Waals surface area contributed by atoms with E-state index < -0.39 is 0 Å². The van der Waals surface area contributed by atoms with Crippen molar-refractivity contribution in [2.75, 3.05) is 12.4 Å². The molecule has 104 valence electrons. The van der Waals surface area contributed by atoms with Gasteiger partial charge in [0.2, 0.25) is 0 Å². The fourth-order valence-corrected chi connectivity index (χ4v) is 2.29. The quantitative estimate of drug-likeness (QED) is 0.895. The summed E-state index contributed by atoms with van der Waals surface area (Å²) in [6.07, 6.45) is 0. The van der Waals surface area contributed by atoms with Crippen LogP contribution in [0, 0.1) is 6.92 Å². The van der Waals surface area contributed by atoms with Crippen LogP contribution in [0.2, 0.25) is 0 Å². The predicted octanol–water partition coefficient (Wildman–Crippen LogP) is 3.73. The lowest BCUT2D eigenvalue weighted by Gasteiger charge is -2.09. The average Bonchev–Trinajstić information content (AvgIpc) is 2.48. The van der Waals surface area contributed by atoms with E-state index in [2.05, 4.69) is 51.7 Å². The molecule has 0 aliphatic heterocycles. The SMILES string of the molecule is CNC(=O)c1cccc(NCc2ccc(C)c(Br)c2)c1. The highest BCUT2D eigenvalue weighted by Crippen LogP contribution is 2.19. The van der Waals surface area contributed by atoms with Crippen molar-refractivity contribution in [3.8, 4) is 0 Å². The third-order valence-electron chi connectivity index (χ3n) is 3.08. The first-order chi connectivity index (χ1) is 9.60. The molecule has 0 aromatic heterocycles. The highest BCUT2D eigenvalue weighted by atomic mass is 79.9. The van der Waals surface area contributed by atoms with Gasteiger partial charge in [0.05, 0.1) is 0 Å². The molecular formula is C16H17BrN2O. The number of amides is 1. The van der Waals surface area contributed by atoms with Gasteiger partial charge in [-0.15, -0.1) is 0 Å². The second-order valence-corrected chi connectivity index (χ2v) is 5.45. The van der Waals surface area contributed by atoms with Crippen molar-refractivity contribution < 1.29 is 4.79 Å². The van der Waals surface area contributed by atoms with Crippen LogP contribution < -0.4 is 10.6 Å². The summed E-state index contributed by atoms with van der Waals surface area (Å²) in [6, 6.07) is 13.8. The molecule has 0 unspecified atom stereocenters. The summed E-state index contributed by atoms with van der Waals surface area (Å²) < 4.78 is 1.11. The lowest BCUT2D eigenvalue weighted by atomic mass is 10.1. The number of hydrogen-bond acceptors (Lipinski definition) is 2. The third kappa shape index (κ3) is 3.61. The molecule has 0 saturated carbocycles. The molecule has 3 nitrogen and oxygen atoms in total. The molecule has 0 aliphatic rings. The molecule has 2 aromatic rings. The summed E-state index contributed by atoms with van der Waals surface area (Å²) in [5, 5.41) is 5.95. The number of anilines is 1. The number of carbonyl (C=O) groups is 1. The summed E-state index contributed by atoms with van der Waals surface area (Å²) in [5.74, 6) is -0.0771. The molecule has 0 bridgehead atoms. The van der Waals surface area contributed by atoms with Crippen molar-refractivity contribution in [3.05, 3.63) is 63.6 Å². The molecule has 4 heteroatoms. The average molecular weight is 333 g/mol. The number of rotatable bonds is 4. The van der Waals surface area contributed by atoms with Gasteiger partial charge >= 0.3 is 0 Å². The lowest BCUT2D eigenvalue weighted by Crippen LogP contribution is -2.17. The van der Waals surface area contributed by atoms with E-state index in [0.29, 0.717) is 5.56 Å². The van der Waals surface area contributed by atoms with Gasteiger partial charge in [-0.1, -0.05) is 34.1 Å². The van der Waals surface area contributed by atoms with E-state index in [1.165, 1.54) is 11.1 Å². The zero-order chi connectivity index (χ0) is 14.5. The largest absolute Gasteiger partial charge is 0.381 e. The van der Waals surface area contributed by atoms with Crippen LogP contribution in [-0.4, -0.2) is 13.0 Å². The van der Waals surface area contributed by atoms with Gasteiger partial charge in [-0.3, -0.25) is 4.79 Å². The molecule has 2 rings (SSSR count). The number of carbonyl (C=O) groups excluding carboxylic acids is 1. The zero-order valence-corrected chi connectivity index (χ0v) is 13.1. The van der Waals surface area contributed by atoms with Crippen LogP contribution in [-0.2, 0) is 6.54 Å². The van der Waals surface area contributed by atoms with Crippen molar-refractivity contribution in [3.63, 3.8) is 0 Å². The van der Waals surface area contributed by atoms with Crippen molar-refractivity contribution in [1.29, 1.82) is 0 Å². The summed E-state index contributed by atoms with van der Waals surface area (Å²) in [6.45, 7) is 2.78. The first-order valence-electron chi connectivity index (χ1n) is 6.41. The number of benzene rings is 2. The van der Waals surface area contributed by atoms with Crippen LogP contribution in [0.1, 0.15) is 21.5 Å². The smallest absolute Gasteiger partial charge is 0.251 e. The van der Waals surface area contributed by atoms with Crippen molar-refractivity contribution >= 4 is 27.5 Å². The molecule has 0 saturated heterocycles. The van der Waals surface area contributed by atoms with Gasteiger partial charge in [0.1, 0.15) is 0 Å². The molecule has 0 heterocycles. The fraction of sp³-hybridized carbons (Fsp3) is 0.188. The number of hydrogen-bond donors (Lipinski definition) is 2. The molecule has 2 aromatic carbocycles. The van der Waals surface area contributed by atoms with Crippen molar-refractivity contribution in [2.24, 2.45) is 0 Å². The Hall–Kier alpha value is -1.81. The van der Waals surface area contributed by atoms with Gasteiger partial charge < -0.3 is 10.6 Å². The maximum absolute atomic E-state index is 11.6. The Morgan fingerprint density at radius 2 is 2.00 bits per heavy atom. The minimum absolute atomic E-state index is 0.0771. The normalized spacial score (nSPS) is 10.2. The van der Waals surface area contributed by atoms with Crippen molar-refractivity contribution in [2.45, 2.75) is 13.5 Å². The van der Waals surface area contributed by atoms with Gasteiger partial charge in [-0.2, -0.15) is 0 Å². The van der Waals surface area contributed by atoms with E-state index in [-0.39, 0.29) is 5.91 Å². The molecule has 1 amide bonds. The van der Waals surface area contributed by atoms with Gasteiger partial charge in [0.15, 0.2) is 0 Å². The Labute approximate surface area is 127 Å². The molecule has 0 aliphatic carbocycles. The molecule has 2 N–H and O–H groups in total. The van der Waals surface area contributed by atoms with E-state index >= 15 is 0 Å². The van der Waals surface area contributed by atoms with E-state index in [9.17, 15) is 4.79 Å². The van der Waals surface area contributed by atoms with Gasteiger partial charge in [-0.25, -0.2) is 0 Å². The first-order valence-corrected chi connectivity index (χ1v) is 7.20. The number of nitrogens with one attached hydrogen (secondary N) is 2. The third-order valence-corrected chi connectivity index (χ3v) is 3.94. The molecular weight excluding hydrogens is 316 g/mol. The van der Waals surface area contributed by atoms with E-state index in [1.807, 2.05) is 18.2 Å². The van der Waals surface area contributed by atoms with E-state index in [0.717, 1.165) is 16.7 Å².